The number of carbonyl (C=O) groups excluding carboxylic acids is 2. The van der Waals surface area contributed by atoms with Crippen LogP contribution in [-0.4, -0.2) is 46.1 Å². The number of rotatable bonds is 6. The second-order valence-electron chi connectivity index (χ2n) is 4.53. The van der Waals surface area contributed by atoms with E-state index in [4.69, 9.17) is 5.11 Å². The van der Waals surface area contributed by atoms with Gasteiger partial charge in [-0.15, -0.1) is 5.10 Å². The van der Waals surface area contributed by atoms with Crippen LogP contribution in [0.3, 0.4) is 0 Å². The van der Waals surface area contributed by atoms with Gasteiger partial charge in [-0.1, -0.05) is 42.1 Å². The Bertz CT molecular complexity index is 660. The Morgan fingerprint density at radius 2 is 2.09 bits per heavy atom. The molecule has 1 aliphatic rings. The molecule has 3 N–H and O–H groups in total. The number of carbonyl (C=O) groups is 3. The first-order valence-electron chi connectivity index (χ1n) is 6.66. The number of hydrogen-bond donors (Lipinski definition) is 3. The average molecular weight is 334 g/mol. The van der Waals surface area contributed by atoms with Crippen molar-refractivity contribution in [3.05, 3.63) is 35.9 Å². The van der Waals surface area contributed by atoms with Crippen LogP contribution in [0.4, 0.5) is 0 Å². The van der Waals surface area contributed by atoms with Crippen LogP contribution in [0.5, 0.6) is 0 Å². The molecule has 1 saturated heterocycles. The molecule has 120 valence electrons. The standard InChI is InChI=1S/C14H14N4O4S/c19-11(15-8-12(20)21)6-10-13(22)17-14(23-10)18-16-7-9-4-2-1-3-5-9/h1-5,7,10H,6,8H2,(H,15,19)(H,20,21)(H,17,18,22). The number of benzene rings is 1. The fourth-order valence-corrected chi connectivity index (χ4v) is 2.61. The maximum absolute atomic E-state index is 11.7. The van der Waals surface area contributed by atoms with E-state index in [0.717, 1.165) is 17.3 Å². The van der Waals surface area contributed by atoms with Crippen molar-refractivity contribution in [3.8, 4) is 0 Å². The van der Waals surface area contributed by atoms with Gasteiger partial charge < -0.3 is 15.7 Å². The van der Waals surface area contributed by atoms with E-state index in [1.54, 1.807) is 6.21 Å². The van der Waals surface area contributed by atoms with Gasteiger partial charge in [-0.05, 0) is 5.56 Å². The fourth-order valence-electron chi connectivity index (χ4n) is 1.69. The molecule has 1 atom stereocenters. The lowest BCUT2D eigenvalue weighted by atomic mass is 10.2. The molecule has 1 unspecified atom stereocenters. The van der Waals surface area contributed by atoms with Gasteiger partial charge in [0.2, 0.25) is 11.8 Å². The van der Waals surface area contributed by atoms with E-state index in [1.165, 1.54) is 0 Å². The molecule has 0 radical (unpaired) electrons. The van der Waals surface area contributed by atoms with Crippen molar-refractivity contribution in [2.45, 2.75) is 11.7 Å². The van der Waals surface area contributed by atoms with Gasteiger partial charge in [0.15, 0.2) is 5.17 Å². The molecule has 1 aliphatic heterocycles. The van der Waals surface area contributed by atoms with Crippen LogP contribution in [0.25, 0.3) is 0 Å². The molecule has 0 aromatic heterocycles. The normalized spacial score (nSPS) is 19.0. The van der Waals surface area contributed by atoms with Gasteiger partial charge in [0, 0.05) is 6.42 Å². The van der Waals surface area contributed by atoms with Crippen LogP contribution in [0.15, 0.2) is 40.5 Å². The van der Waals surface area contributed by atoms with Gasteiger partial charge in [-0.2, -0.15) is 5.10 Å². The summed E-state index contributed by atoms with van der Waals surface area (Å²) in [6.45, 7) is -0.472. The average Bonchev–Trinajstić information content (AvgIpc) is 2.86. The van der Waals surface area contributed by atoms with Crippen LogP contribution >= 0.6 is 11.8 Å². The summed E-state index contributed by atoms with van der Waals surface area (Å²) in [6.07, 6.45) is 1.43. The summed E-state index contributed by atoms with van der Waals surface area (Å²) < 4.78 is 0. The molecule has 1 fully saturated rings. The van der Waals surface area contributed by atoms with Crippen molar-refractivity contribution < 1.29 is 19.5 Å². The number of nitrogens with one attached hydrogen (secondary N) is 2. The largest absolute Gasteiger partial charge is 0.480 e. The number of amides is 2. The SMILES string of the molecule is O=C(O)CNC(=O)CC1SC(=NN=Cc2ccccc2)NC1=O. The van der Waals surface area contributed by atoms with Crippen LogP contribution in [-0.2, 0) is 14.4 Å². The van der Waals surface area contributed by atoms with Crippen molar-refractivity contribution >= 4 is 40.9 Å². The van der Waals surface area contributed by atoms with Gasteiger partial charge in [0.1, 0.15) is 11.8 Å². The first kappa shape index (κ1) is 16.7. The Balaban J connectivity index is 1.86. The Labute approximate surface area is 136 Å². The number of thioether (sulfide) groups is 1. The van der Waals surface area contributed by atoms with E-state index < -0.39 is 23.7 Å². The quantitative estimate of drug-likeness (QED) is 0.507. The van der Waals surface area contributed by atoms with Crippen molar-refractivity contribution in [3.63, 3.8) is 0 Å². The number of hydrogen-bond acceptors (Lipinski definition) is 6. The molecule has 1 heterocycles. The molecule has 1 aromatic carbocycles. The maximum Gasteiger partial charge on any atom is 0.322 e. The third kappa shape index (κ3) is 5.55. The predicted molar refractivity (Wildman–Crippen MR) is 86.3 cm³/mol. The van der Waals surface area contributed by atoms with Gasteiger partial charge in [-0.3, -0.25) is 14.4 Å². The highest BCUT2D eigenvalue weighted by atomic mass is 32.2. The molecule has 0 bridgehead atoms. The highest BCUT2D eigenvalue weighted by Gasteiger charge is 2.32. The van der Waals surface area contributed by atoms with Gasteiger partial charge in [0.05, 0.1) is 6.21 Å². The third-order valence-corrected chi connectivity index (χ3v) is 3.81. The zero-order valence-corrected chi connectivity index (χ0v) is 12.7. The summed E-state index contributed by atoms with van der Waals surface area (Å²) >= 11 is 1.08. The molecule has 9 heteroatoms. The minimum absolute atomic E-state index is 0.120. The van der Waals surface area contributed by atoms with Crippen molar-refractivity contribution in [2.75, 3.05) is 6.54 Å². The molecule has 23 heavy (non-hydrogen) atoms. The topological polar surface area (TPSA) is 120 Å². The van der Waals surface area contributed by atoms with E-state index in [2.05, 4.69) is 20.8 Å². The van der Waals surface area contributed by atoms with E-state index in [0.29, 0.717) is 5.17 Å². The van der Waals surface area contributed by atoms with E-state index >= 15 is 0 Å². The van der Waals surface area contributed by atoms with Crippen molar-refractivity contribution in [2.24, 2.45) is 10.2 Å². The first-order chi connectivity index (χ1) is 11.0. The lowest BCUT2D eigenvalue weighted by molar-refractivity contribution is -0.137. The summed E-state index contributed by atoms with van der Waals surface area (Å²) in [5.41, 5.74) is 0.871. The van der Waals surface area contributed by atoms with E-state index in [-0.39, 0.29) is 12.3 Å². The minimum atomic E-state index is -1.14. The molecular weight excluding hydrogens is 320 g/mol. The number of amidine groups is 1. The zero-order chi connectivity index (χ0) is 16.7. The van der Waals surface area contributed by atoms with E-state index in [1.807, 2.05) is 30.3 Å². The molecule has 0 spiro atoms. The summed E-state index contributed by atoms with van der Waals surface area (Å²) in [5.74, 6) is -2.00. The number of carboxylic acid groups (broad SMARTS) is 1. The van der Waals surface area contributed by atoms with Crippen LogP contribution in [0.2, 0.25) is 0 Å². The number of carboxylic acids is 1. The minimum Gasteiger partial charge on any atom is -0.480 e. The van der Waals surface area contributed by atoms with Gasteiger partial charge in [-0.25, -0.2) is 0 Å². The molecule has 2 rings (SSSR count). The zero-order valence-electron chi connectivity index (χ0n) is 11.9. The Morgan fingerprint density at radius 3 is 2.78 bits per heavy atom. The number of aliphatic carboxylic acids is 1. The molecule has 2 amide bonds. The van der Waals surface area contributed by atoms with Crippen LogP contribution in [0.1, 0.15) is 12.0 Å². The fraction of sp³-hybridized carbons (Fsp3) is 0.214. The maximum atomic E-state index is 11.7. The molecule has 8 nitrogen and oxygen atoms in total. The highest BCUT2D eigenvalue weighted by molar-refractivity contribution is 8.15. The second kappa shape index (κ2) is 8.08. The van der Waals surface area contributed by atoms with Crippen molar-refractivity contribution in [1.29, 1.82) is 0 Å². The second-order valence-corrected chi connectivity index (χ2v) is 5.72. The smallest absolute Gasteiger partial charge is 0.322 e. The van der Waals surface area contributed by atoms with E-state index in [9.17, 15) is 14.4 Å². The summed E-state index contributed by atoms with van der Waals surface area (Å²) in [4.78, 5) is 33.6. The third-order valence-electron chi connectivity index (χ3n) is 2.74. The molecular formula is C14H14N4O4S. The predicted octanol–water partition coefficient (Wildman–Crippen LogP) is 0.199. The monoisotopic (exact) mass is 334 g/mol. The Hall–Kier alpha value is -2.68. The number of nitrogens with zero attached hydrogens (tertiary/aromatic N) is 2. The Morgan fingerprint density at radius 1 is 1.35 bits per heavy atom. The Kier molecular flexibility index (Phi) is 5.87. The van der Waals surface area contributed by atoms with Crippen LogP contribution in [0, 0.1) is 0 Å². The van der Waals surface area contributed by atoms with Crippen LogP contribution < -0.4 is 10.6 Å². The van der Waals surface area contributed by atoms with Gasteiger partial charge in [0.25, 0.3) is 0 Å². The lowest BCUT2D eigenvalue weighted by Gasteiger charge is -2.04. The summed E-state index contributed by atoms with van der Waals surface area (Å²) in [6, 6.07) is 9.34. The summed E-state index contributed by atoms with van der Waals surface area (Å²) in [5, 5.41) is 20.6. The first-order valence-corrected chi connectivity index (χ1v) is 7.54. The highest BCUT2D eigenvalue weighted by Crippen LogP contribution is 2.22. The van der Waals surface area contributed by atoms with Gasteiger partial charge >= 0.3 is 5.97 Å². The molecule has 1 aromatic rings. The molecule has 0 saturated carbocycles. The lowest BCUT2D eigenvalue weighted by Crippen LogP contribution is -2.33. The molecule has 0 aliphatic carbocycles. The summed E-state index contributed by atoms with van der Waals surface area (Å²) in [7, 11) is 0. The van der Waals surface area contributed by atoms with Crippen molar-refractivity contribution in [1.82, 2.24) is 10.6 Å².